The van der Waals surface area contributed by atoms with E-state index in [0.29, 0.717) is 17.2 Å². The van der Waals surface area contributed by atoms with E-state index in [2.05, 4.69) is 4.98 Å². The fourth-order valence-electron chi connectivity index (χ4n) is 1.79. The first-order chi connectivity index (χ1) is 8.84. The predicted octanol–water partition coefficient (Wildman–Crippen LogP) is 3.71. The Bertz CT molecular complexity index is 665. The van der Waals surface area contributed by atoms with Gasteiger partial charge in [0.2, 0.25) is 5.89 Å². The Hall–Kier alpha value is -1.93. The zero-order chi connectivity index (χ0) is 12.4. The Balaban J connectivity index is 0.00000133. The molecule has 0 saturated carbocycles. The summed E-state index contributed by atoms with van der Waals surface area (Å²) in [6.07, 6.45) is 1.66. The van der Waals surface area contributed by atoms with Crippen LogP contribution in [0.3, 0.4) is 0 Å². The van der Waals surface area contributed by atoms with Crippen LogP contribution in [0.2, 0.25) is 0 Å². The van der Waals surface area contributed by atoms with Crippen molar-refractivity contribution < 1.29 is 29.0 Å². The number of aromatic nitrogens is 1. The van der Waals surface area contributed by atoms with Gasteiger partial charge in [-0.1, -0.05) is 42.5 Å². The number of benzene rings is 2. The molecule has 3 nitrogen and oxygen atoms in total. The van der Waals surface area contributed by atoms with Crippen molar-refractivity contribution in [3.63, 3.8) is 0 Å². The molecule has 0 unspecified atom stereocenters. The molecule has 0 aliphatic heterocycles. The summed E-state index contributed by atoms with van der Waals surface area (Å²) in [7, 11) is 0. The van der Waals surface area contributed by atoms with Gasteiger partial charge in [-0.15, -0.1) is 0 Å². The molecule has 0 atom stereocenters. The number of phenolic OH excluding ortho intramolecular Hbond substituents is 1. The molecule has 0 aliphatic rings. The molecule has 0 amide bonds. The van der Waals surface area contributed by atoms with Gasteiger partial charge < -0.3 is 9.52 Å². The zero-order valence-electron chi connectivity index (χ0n) is 10.3. The van der Waals surface area contributed by atoms with Gasteiger partial charge in [0.15, 0.2) is 5.76 Å². The van der Waals surface area contributed by atoms with Crippen LogP contribution in [0.5, 0.6) is 5.75 Å². The molecule has 0 aliphatic carbocycles. The summed E-state index contributed by atoms with van der Waals surface area (Å²) in [6.45, 7) is 0. The van der Waals surface area contributed by atoms with Crippen LogP contribution >= 0.6 is 0 Å². The molecule has 19 heavy (non-hydrogen) atoms. The molecule has 1 heterocycles. The molecule has 1 N–H and O–H groups in total. The number of nitrogens with zero attached hydrogens (tertiary/aromatic N) is 1. The van der Waals surface area contributed by atoms with Gasteiger partial charge in [0, 0.05) is 25.0 Å². The van der Waals surface area contributed by atoms with E-state index < -0.39 is 0 Å². The van der Waals surface area contributed by atoms with Crippen molar-refractivity contribution in [3.8, 4) is 28.5 Å². The first kappa shape index (κ1) is 13.5. The minimum atomic E-state index is 0. The normalized spacial score (nSPS) is 9.89. The summed E-state index contributed by atoms with van der Waals surface area (Å²) in [5.41, 5.74) is 1.56. The quantitative estimate of drug-likeness (QED) is 0.734. The van der Waals surface area contributed by atoms with Crippen molar-refractivity contribution in [3.05, 3.63) is 60.8 Å². The van der Waals surface area contributed by atoms with Gasteiger partial charge in [0.1, 0.15) is 5.75 Å². The number of phenols is 1. The molecule has 1 aromatic heterocycles. The number of hydrogen-bond acceptors (Lipinski definition) is 3. The zero-order valence-corrected chi connectivity index (χ0v) is 13.3. The van der Waals surface area contributed by atoms with E-state index in [1.165, 1.54) is 0 Å². The Morgan fingerprint density at radius 2 is 1.58 bits per heavy atom. The van der Waals surface area contributed by atoms with Crippen LogP contribution < -0.4 is 0 Å². The average Bonchev–Trinajstić information content (AvgIpc) is 2.90. The molecule has 0 radical (unpaired) electrons. The maximum Gasteiger partial charge on any atom is 0.230 e. The number of aromatic hydroxyl groups is 1. The van der Waals surface area contributed by atoms with Crippen LogP contribution in [-0.4, -0.2) is 10.1 Å². The van der Waals surface area contributed by atoms with Crippen molar-refractivity contribution in [1.82, 2.24) is 4.98 Å². The van der Waals surface area contributed by atoms with Gasteiger partial charge in [-0.05, 0) is 12.1 Å². The van der Waals surface area contributed by atoms with Gasteiger partial charge in [-0.25, -0.2) is 4.98 Å². The molecular weight excluding hydrogens is 292 g/mol. The van der Waals surface area contributed by atoms with E-state index in [1.54, 1.807) is 24.4 Å². The van der Waals surface area contributed by atoms with Crippen LogP contribution in [0, 0.1) is 0 Å². The van der Waals surface area contributed by atoms with Crippen LogP contribution in [0.25, 0.3) is 22.8 Å². The Labute approximate surface area is 123 Å². The van der Waals surface area contributed by atoms with Crippen LogP contribution in [0.15, 0.2) is 65.2 Å². The second-order valence-electron chi connectivity index (χ2n) is 3.91. The van der Waals surface area contributed by atoms with Crippen molar-refractivity contribution in [2.75, 3.05) is 0 Å². The number of oxazole rings is 1. The fraction of sp³-hybridized carbons (Fsp3) is 0. The number of rotatable bonds is 2. The van der Waals surface area contributed by atoms with Crippen LogP contribution in [0.1, 0.15) is 0 Å². The molecule has 4 heteroatoms. The van der Waals surface area contributed by atoms with E-state index in [4.69, 9.17) is 4.42 Å². The minimum Gasteiger partial charge on any atom is -0.507 e. The molecule has 2 aromatic carbocycles. The van der Waals surface area contributed by atoms with Gasteiger partial charge in [0.05, 0.1) is 11.8 Å². The predicted molar refractivity (Wildman–Crippen MR) is 69.0 cm³/mol. The Morgan fingerprint density at radius 1 is 0.895 bits per heavy atom. The SMILES string of the molecule is Oc1ccccc1-c1ncc(-c2ccccc2)o1.[Zn]. The summed E-state index contributed by atoms with van der Waals surface area (Å²) in [6, 6.07) is 16.7. The van der Waals surface area contributed by atoms with E-state index in [9.17, 15) is 5.11 Å². The minimum absolute atomic E-state index is 0. The molecule has 0 bridgehead atoms. The standard InChI is InChI=1S/C15H11NO2.Zn/c17-13-9-5-4-8-12(13)15-16-10-14(18-15)11-6-2-1-3-7-11;/h1-10,17H;. The average molecular weight is 303 g/mol. The Morgan fingerprint density at radius 3 is 2.32 bits per heavy atom. The summed E-state index contributed by atoms with van der Waals surface area (Å²) in [4.78, 5) is 4.20. The molecule has 0 spiro atoms. The number of para-hydroxylation sites is 1. The van der Waals surface area contributed by atoms with Crippen molar-refractivity contribution in [2.45, 2.75) is 0 Å². The van der Waals surface area contributed by atoms with E-state index in [0.717, 1.165) is 5.56 Å². The van der Waals surface area contributed by atoms with Gasteiger partial charge >= 0.3 is 0 Å². The van der Waals surface area contributed by atoms with Crippen LogP contribution in [0.4, 0.5) is 0 Å². The molecule has 90 valence electrons. The maximum atomic E-state index is 9.74. The van der Waals surface area contributed by atoms with Gasteiger partial charge in [-0.3, -0.25) is 0 Å². The molecular formula is C15H11NO2Zn. The third-order valence-electron chi connectivity index (χ3n) is 2.70. The van der Waals surface area contributed by atoms with Crippen LogP contribution in [-0.2, 0) is 19.5 Å². The van der Waals surface area contributed by atoms with E-state index >= 15 is 0 Å². The third kappa shape index (κ3) is 2.74. The maximum absolute atomic E-state index is 9.74. The summed E-state index contributed by atoms with van der Waals surface area (Å²) in [5.74, 6) is 1.28. The fourth-order valence-corrected chi connectivity index (χ4v) is 1.79. The first-order valence-corrected chi connectivity index (χ1v) is 5.64. The smallest absolute Gasteiger partial charge is 0.230 e. The summed E-state index contributed by atoms with van der Waals surface area (Å²) < 4.78 is 5.67. The first-order valence-electron chi connectivity index (χ1n) is 5.64. The molecule has 3 rings (SSSR count). The topological polar surface area (TPSA) is 46.3 Å². The van der Waals surface area contributed by atoms with E-state index in [1.807, 2.05) is 36.4 Å². The summed E-state index contributed by atoms with van der Waals surface area (Å²) in [5, 5.41) is 9.74. The largest absolute Gasteiger partial charge is 0.507 e. The van der Waals surface area contributed by atoms with Crippen molar-refractivity contribution in [2.24, 2.45) is 0 Å². The molecule has 0 fully saturated rings. The van der Waals surface area contributed by atoms with Crippen molar-refractivity contribution >= 4 is 0 Å². The second-order valence-corrected chi connectivity index (χ2v) is 3.91. The third-order valence-corrected chi connectivity index (χ3v) is 2.70. The number of hydrogen-bond donors (Lipinski definition) is 1. The van der Waals surface area contributed by atoms with Gasteiger partial charge in [0.25, 0.3) is 0 Å². The van der Waals surface area contributed by atoms with Gasteiger partial charge in [-0.2, -0.15) is 0 Å². The Kier molecular flexibility index (Phi) is 4.13. The summed E-state index contributed by atoms with van der Waals surface area (Å²) >= 11 is 0. The second kappa shape index (κ2) is 5.81. The van der Waals surface area contributed by atoms with Crippen molar-refractivity contribution in [1.29, 1.82) is 0 Å². The monoisotopic (exact) mass is 301 g/mol. The van der Waals surface area contributed by atoms with E-state index in [-0.39, 0.29) is 25.2 Å². The molecule has 0 saturated heterocycles. The molecule has 3 aromatic rings.